The molecule has 0 saturated carbocycles. The van der Waals surface area contributed by atoms with Crippen LogP contribution in [0.25, 0.3) is 0 Å². The second kappa shape index (κ2) is 7.77. The Labute approximate surface area is 162 Å². The fraction of sp³-hybridized carbons (Fsp3) is 0.222. The number of likely N-dealkylation sites (N-methyl/N-ethyl adjacent to an activating group) is 1. The smallest absolute Gasteiger partial charge is 0.322 e. The normalized spacial score (nSPS) is 13.2. The highest BCUT2D eigenvalue weighted by Gasteiger charge is 2.21. The van der Waals surface area contributed by atoms with Crippen molar-refractivity contribution in [1.82, 2.24) is 5.32 Å². The topological polar surface area (TPSA) is 125 Å². The molecule has 1 amide bonds. The zero-order chi connectivity index (χ0) is 20.3. The highest BCUT2D eigenvalue weighted by Crippen LogP contribution is 2.33. The van der Waals surface area contributed by atoms with Crippen LogP contribution in [-0.4, -0.2) is 52.1 Å². The predicted octanol–water partition coefficient (Wildman–Crippen LogP) is 1.13. The highest BCUT2D eigenvalue weighted by atomic mass is 32.2. The van der Waals surface area contributed by atoms with E-state index in [1.165, 1.54) is 30.3 Å². The summed E-state index contributed by atoms with van der Waals surface area (Å²) >= 11 is 0. The lowest BCUT2D eigenvalue weighted by Crippen LogP contribution is -2.29. The molecule has 0 saturated heterocycles. The average Bonchev–Trinajstić information content (AvgIpc) is 2.66. The van der Waals surface area contributed by atoms with Crippen LogP contribution >= 0.6 is 0 Å². The maximum absolute atomic E-state index is 12.7. The van der Waals surface area contributed by atoms with Gasteiger partial charge in [-0.05, 0) is 42.5 Å². The molecule has 2 aromatic rings. The molecular formula is C18H19N3O6S. The van der Waals surface area contributed by atoms with Gasteiger partial charge in [0.15, 0.2) is 0 Å². The van der Waals surface area contributed by atoms with Gasteiger partial charge in [0, 0.05) is 18.3 Å². The van der Waals surface area contributed by atoms with E-state index < -0.39 is 28.4 Å². The summed E-state index contributed by atoms with van der Waals surface area (Å²) in [5.41, 5.74) is 1.19. The fourth-order valence-electron chi connectivity index (χ4n) is 2.66. The molecule has 0 aromatic heterocycles. The molecule has 3 rings (SSSR count). The number of amides is 1. The van der Waals surface area contributed by atoms with Gasteiger partial charge >= 0.3 is 5.97 Å². The lowest BCUT2D eigenvalue weighted by Gasteiger charge is -2.28. The van der Waals surface area contributed by atoms with Crippen LogP contribution in [0.1, 0.15) is 10.4 Å². The summed E-state index contributed by atoms with van der Waals surface area (Å²) in [6.45, 7) is 0.708. The van der Waals surface area contributed by atoms with Gasteiger partial charge in [0.1, 0.15) is 18.9 Å². The molecule has 0 bridgehead atoms. The number of carbonyl (C=O) groups is 2. The molecule has 9 nitrogen and oxygen atoms in total. The van der Waals surface area contributed by atoms with Crippen LogP contribution in [0.2, 0.25) is 0 Å². The Kier molecular flexibility index (Phi) is 5.41. The monoisotopic (exact) mass is 405 g/mol. The maximum Gasteiger partial charge on any atom is 0.322 e. The Morgan fingerprint density at radius 3 is 2.57 bits per heavy atom. The van der Waals surface area contributed by atoms with E-state index in [4.69, 9.17) is 9.84 Å². The van der Waals surface area contributed by atoms with Crippen molar-refractivity contribution in [2.45, 2.75) is 4.90 Å². The minimum absolute atomic E-state index is 0.0897. The number of carboxylic acid groups (broad SMARTS) is 1. The SMILES string of the molecule is CN1CCOc2ccc(S(=O)(=O)Nc3ccc(C(=O)NCC(=O)O)cc3)cc21. The molecule has 0 aliphatic carbocycles. The van der Waals surface area contributed by atoms with Gasteiger partial charge < -0.3 is 20.1 Å². The largest absolute Gasteiger partial charge is 0.490 e. The van der Waals surface area contributed by atoms with Crippen LogP contribution in [0.4, 0.5) is 11.4 Å². The Bertz CT molecular complexity index is 1000. The first-order valence-corrected chi connectivity index (χ1v) is 9.85. The zero-order valence-electron chi connectivity index (χ0n) is 15.0. The highest BCUT2D eigenvalue weighted by molar-refractivity contribution is 7.92. The first kappa shape index (κ1) is 19.5. The average molecular weight is 405 g/mol. The lowest BCUT2D eigenvalue weighted by atomic mass is 10.2. The summed E-state index contributed by atoms with van der Waals surface area (Å²) < 4.78 is 33.3. The number of nitrogens with one attached hydrogen (secondary N) is 2. The van der Waals surface area contributed by atoms with Crippen LogP contribution in [0.15, 0.2) is 47.4 Å². The number of carbonyl (C=O) groups excluding carboxylic acids is 1. The summed E-state index contributed by atoms with van der Waals surface area (Å²) in [6, 6.07) is 10.3. The van der Waals surface area contributed by atoms with Crippen molar-refractivity contribution in [3.8, 4) is 5.75 Å². The van der Waals surface area contributed by atoms with Gasteiger partial charge in [0.2, 0.25) is 0 Å². The second-order valence-corrected chi connectivity index (χ2v) is 7.84. The summed E-state index contributed by atoms with van der Waals surface area (Å²) in [7, 11) is -1.97. The maximum atomic E-state index is 12.7. The molecule has 1 heterocycles. The molecule has 0 radical (unpaired) electrons. The van der Waals surface area contributed by atoms with Gasteiger partial charge in [0.25, 0.3) is 15.9 Å². The minimum Gasteiger partial charge on any atom is -0.490 e. The van der Waals surface area contributed by atoms with Crippen molar-refractivity contribution in [1.29, 1.82) is 0 Å². The van der Waals surface area contributed by atoms with Crippen LogP contribution in [0.5, 0.6) is 5.75 Å². The number of hydrogen-bond acceptors (Lipinski definition) is 6. The molecular weight excluding hydrogens is 386 g/mol. The number of benzene rings is 2. The van der Waals surface area contributed by atoms with E-state index in [-0.39, 0.29) is 16.1 Å². The van der Waals surface area contributed by atoms with E-state index in [2.05, 4.69) is 10.0 Å². The van der Waals surface area contributed by atoms with Crippen molar-refractivity contribution in [2.75, 3.05) is 36.4 Å². The zero-order valence-corrected chi connectivity index (χ0v) is 15.8. The molecule has 1 aliphatic rings. The number of carboxylic acids is 1. The number of rotatable bonds is 6. The van der Waals surface area contributed by atoms with Gasteiger partial charge in [0.05, 0.1) is 17.1 Å². The minimum atomic E-state index is -3.84. The number of anilines is 2. The van der Waals surface area contributed by atoms with Gasteiger partial charge in [-0.1, -0.05) is 0 Å². The van der Waals surface area contributed by atoms with E-state index in [1.54, 1.807) is 12.1 Å². The molecule has 10 heteroatoms. The molecule has 0 unspecified atom stereocenters. The molecule has 0 fully saturated rings. The van der Waals surface area contributed by atoms with Crippen molar-refractivity contribution in [3.05, 3.63) is 48.0 Å². The number of fused-ring (bicyclic) bond motifs is 1. The first-order valence-electron chi connectivity index (χ1n) is 8.37. The molecule has 28 heavy (non-hydrogen) atoms. The number of aliphatic carboxylic acids is 1. The summed E-state index contributed by atoms with van der Waals surface area (Å²) in [6.07, 6.45) is 0. The van der Waals surface area contributed by atoms with Crippen LogP contribution in [0, 0.1) is 0 Å². The third kappa shape index (κ3) is 4.34. The van der Waals surface area contributed by atoms with Gasteiger partial charge in [-0.25, -0.2) is 8.42 Å². The Morgan fingerprint density at radius 1 is 1.18 bits per heavy atom. The third-order valence-electron chi connectivity index (χ3n) is 4.14. The fourth-order valence-corrected chi connectivity index (χ4v) is 3.74. The van der Waals surface area contributed by atoms with Gasteiger partial charge in [-0.3, -0.25) is 14.3 Å². The lowest BCUT2D eigenvalue weighted by molar-refractivity contribution is -0.135. The summed E-state index contributed by atoms with van der Waals surface area (Å²) in [5, 5.41) is 10.8. The first-order chi connectivity index (χ1) is 13.3. The number of hydrogen-bond donors (Lipinski definition) is 3. The van der Waals surface area contributed by atoms with Crippen LogP contribution in [-0.2, 0) is 14.8 Å². The van der Waals surface area contributed by atoms with Crippen LogP contribution in [0.3, 0.4) is 0 Å². The standard InChI is InChI=1S/C18H19N3O6S/c1-21-8-9-27-16-7-6-14(10-15(16)21)28(25,26)20-13-4-2-12(3-5-13)18(24)19-11-17(22)23/h2-7,10,20H,8-9,11H2,1H3,(H,19,24)(H,22,23). The van der Waals surface area contributed by atoms with E-state index in [1.807, 2.05) is 11.9 Å². The van der Waals surface area contributed by atoms with E-state index in [0.29, 0.717) is 24.6 Å². The third-order valence-corrected chi connectivity index (χ3v) is 5.51. The second-order valence-electron chi connectivity index (χ2n) is 6.16. The number of sulfonamides is 1. The summed E-state index contributed by atoms with van der Waals surface area (Å²) in [4.78, 5) is 24.3. The van der Waals surface area contributed by atoms with E-state index in [0.717, 1.165) is 0 Å². The van der Waals surface area contributed by atoms with Crippen molar-refractivity contribution in [2.24, 2.45) is 0 Å². The molecule has 0 atom stereocenters. The van der Waals surface area contributed by atoms with Crippen molar-refractivity contribution in [3.63, 3.8) is 0 Å². The van der Waals surface area contributed by atoms with E-state index in [9.17, 15) is 18.0 Å². The molecule has 148 valence electrons. The molecule has 2 aromatic carbocycles. The Hall–Kier alpha value is -3.27. The predicted molar refractivity (Wildman–Crippen MR) is 102 cm³/mol. The number of ether oxygens (including phenoxy) is 1. The molecule has 1 aliphatic heterocycles. The van der Waals surface area contributed by atoms with Crippen LogP contribution < -0.4 is 19.7 Å². The summed E-state index contributed by atoms with van der Waals surface area (Å²) in [5.74, 6) is -1.09. The Balaban J connectivity index is 1.75. The Morgan fingerprint density at radius 2 is 1.89 bits per heavy atom. The quantitative estimate of drug-likeness (QED) is 0.658. The van der Waals surface area contributed by atoms with Gasteiger partial charge in [-0.15, -0.1) is 0 Å². The van der Waals surface area contributed by atoms with Crippen molar-refractivity contribution < 1.29 is 27.9 Å². The van der Waals surface area contributed by atoms with E-state index >= 15 is 0 Å². The molecule has 3 N–H and O–H groups in total. The van der Waals surface area contributed by atoms with Crippen molar-refractivity contribution >= 4 is 33.3 Å². The molecule has 0 spiro atoms. The number of nitrogens with zero attached hydrogens (tertiary/aromatic N) is 1. The van der Waals surface area contributed by atoms with Gasteiger partial charge in [-0.2, -0.15) is 0 Å².